The Morgan fingerprint density at radius 3 is 2.15 bits per heavy atom. The van der Waals surface area contributed by atoms with Crippen molar-refractivity contribution in [2.75, 3.05) is 13.2 Å². The minimum Gasteiger partial charge on any atom is -0.480 e. The van der Waals surface area contributed by atoms with E-state index in [1.54, 1.807) is 12.1 Å². The van der Waals surface area contributed by atoms with Gasteiger partial charge in [-0.3, -0.25) is 4.79 Å². The quantitative estimate of drug-likeness (QED) is 0.801. The summed E-state index contributed by atoms with van der Waals surface area (Å²) in [7, 11) is -3.99. The largest absolute Gasteiger partial charge is 0.480 e. The van der Waals surface area contributed by atoms with Crippen LogP contribution in [0.3, 0.4) is 0 Å². The summed E-state index contributed by atoms with van der Waals surface area (Å²) >= 11 is 0. The molecule has 1 aliphatic rings. The van der Waals surface area contributed by atoms with E-state index in [-0.39, 0.29) is 31.0 Å². The van der Waals surface area contributed by atoms with Crippen LogP contribution in [-0.4, -0.2) is 38.2 Å². The lowest BCUT2D eigenvalue weighted by Gasteiger charge is -2.33. The first-order chi connectivity index (χ1) is 12.4. The van der Waals surface area contributed by atoms with Crippen LogP contribution in [0.15, 0.2) is 59.5 Å². The highest BCUT2D eigenvalue weighted by molar-refractivity contribution is 7.89. The van der Waals surface area contributed by atoms with E-state index in [0.717, 1.165) is 0 Å². The van der Waals surface area contributed by atoms with Crippen molar-refractivity contribution in [3.63, 3.8) is 0 Å². The van der Waals surface area contributed by atoms with Crippen LogP contribution in [0.5, 0.6) is 11.5 Å². The van der Waals surface area contributed by atoms with Crippen LogP contribution in [-0.2, 0) is 19.6 Å². The summed E-state index contributed by atoms with van der Waals surface area (Å²) in [4.78, 5) is 11.6. The molecular weight excluding hydrogens is 358 g/mol. The Labute approximate surface area is 151 Å². The highest BCUT2D eigenvalue weighted by Crippen LogP contribution is 2.26. The van der Waals surface area contributed by atoms with Crippen molar-refractivity contribution in [2.24, 2.45) is 0 Å². The molecule has 0 atom stereocenters. The van der Waals surface area contributed by atoms with E-state index in [0.29, 0.717) is 11.5 Å². The van der Waals surface area contributed by atoms with Crippen LogP contribution in [0.4, 0.5) is 0 Å². The fraction of sp³-hybridized carbons (Fsp3) is 0.278. The smallest absolute Gasteiger partial charge is 0.325 e. The molecule has 8 heteroatoms. The maximum atomic E-state index is 12.6. The second-order valence-electron chi connectivity index (χ2n) is 5.99. The first-order valence-corrected chi connectivity index (χ1v) is 9.58. The zero-order valence-electron chi connectivity index (χ0n) is 13.9. The van der Waals surface area contributed by atoms with Crippen LogP contribution in [0.1, 0.15) is 12.8 Å². The van der Waals surface area contributed by atoms with Gasteiger partial charge in [0.05, 0.1) is 4.90 Å². The van der Waals surface area contributed by atoms with Crippen molar-refractivity contribution in [1.82, 2.24) is 4.72 Å². The zero-order chi connectivity index (χ0) is 18.6. The first kappa shape index (κ1) is 18.4. The van der Waals surface area contributed by atoms with Gasteiger partial charge in [-0.1, -0.05) is 18.2 Å². The molecule has 138 valence electrons. The normalized spacial score (nSPS) is 16.8. The van der Waals surface area contributed by atoms with Crippen LogP contribution in [0.2, 0.25) is 0 Å². The molecule has 0 spiro atoms. The molecule has 1 saturated heterocycles. The standard InChI is InChI=1S/C18H19NO6S/c20-17(21)18(10-12-24-13-11-18)19-26(22,23)16-8-6-15(7-9-16)25-14-4-2-1-3-5-14/h1-9,19H,10-13H2,(H,20,21). The molecular formula is C18H19NO6S. The molecule has 26 heavy (non-hydrogen) atoms. The number of carboxylic acid groups (broad SMARTS) is 1. The van der Waals surface area contributed by atoms with Crippen molar-refractivity contribution in [1.29, 1.82) is 0 Å². The third-order valence-corrected chi connectivity index (χ3v) is 5.75. The van der Waals surface area contributed by atoms with E-state index in [1.807, 2.05) is 18.2 Å². The molecule has 0 aliphatic carbocycles. The average molecular weight is 377 g/mol. The third-order valence-electron chi connectivity index (χ3n) is 4.20. The number of carboxylic acids is 1. The fourth-order valence-electron chi connectivity index (χ4n) is 2.71. The molecule has 1 aliphatic heterocycles. The second kappa shape index (κ2) is 7.45. The number of hydrogen-bond donors (Lipinski definition) is 2. The van der Waals surface area contributed by atoms with Gasteiger partial charge in [-0.2, -0.15) is 4.72 Å². The van der Waals surface area contributed by atoms with Crippen LogP contribution >= 0.6 is 0 Å². The van der Waals surface area contributed by atoms with Crippen LogP contribution < -0.4 is 9.46 Å². The van der Waals surface area contributed by atoms with Crippen molar-refractivity contribution in [3.05, 3.63) is 54.6 Å². The summed E-state index contributed by atoms with van der Waals surface area (Å²) in [5.41, 5.74) is -1.55. The number of ether oxygens (including phenoxy) is 2. The lowest BCUT2D eigenvalue weighted by atomic mass is 9.92. The third kappa shape index (κ3) is 4.04. The number of rotatable bonds is 6. The molecule has 7 nitrogen and oxygen atoms in total. The minimum atomic E-state index is -3.99. The molecule has 3 rings (SSSR count). The van der Waals surface area contributed by atoms with Gasteiger partial charge in [-0.05, 0) is 36.4 Å². The van der Waals surface area contributed by atoms with Gasteiger partial charge in [-0.25, -0.2) is 8.42 Å². The van der Waals surface area contributed by atoms with Crippen molar-refractivity contribution in [3.8, 4) is 11.5 Å². The Morgan fingerprint density at radius 1 is 1.00 bits per heavy atom. The summed E-state index contributed by atoms with van der Waals surface area (Å²) in [6.07, 6.45) is 0.160. The summed E-state index contributed by atoms with van der Waals surface area (Å²) < 4.78 is 38.4. The Balaban J connectivity index is 1.77. The molecule has 0 aromatic heterocycles. The number of hydrogen-bond acceptors (Lipinski definition) is 5. The van der Waals surface area contributed by atoms with Gasteiger partial charge >= 0.3 is 5.97 Å². The molecule has 0 unspecified atom stereocenters. The Hall–Kier alpha value is -2.42. The molecule has 1 heterocycles. The van der Waals surface area contributed by atoms with E-state index in [2.05, 4.69) is 4.72 Å². The van der Waals surface area contributed by atoms with Crippen molar-refractivity contribution >= 4 is 16.0 Å². The molecule has 0 saturated carbocycles. The van der Waals surface area contributed by atoms with Gasteiger partial charge in [0.1, 0.15) is 17.0 Å². The zero-order valence-corrected chi connectivity index (χ0v) is 14.7. The predicted molar refractivity (Wildman–Crippen MR) is 93.7 cm³/mol. The molecule has 2 N–H and O–H groups in total. The summed E-state index contributed by atoms with van der Waals surface area (Å²) in [5.74, 6) is -0.0872. The van der Waals surface area contributed by atoms with Crippen LogP contribution in [0, 0.1) is 0 Å². The lowest BCUT2D eigenvalue weighted by molar-refractivity contribution is -0.147. The van der Waals surface area contributed by atoms with E-state index in [4.69, 9.17) is 9.47 Å². The average Bonchev–Trinajstić information content (AvgIpc) is 2.63. The van der Waals surface area contributed by atoms with Gasteiger partial charge in [0, 0.05) is 26.1 Å². The van der Waals surface area contributed by atoms with Gasteiger partial charge in [-0.15, -0.1) is 0 Å². The summed E-state index contributed by atoms with van der Waals surface area (Å²) in [6.45, 7) is 0.386. The van der Waals surface area contributed by atoms with Crippen molar-refractivity contribution < 1.29 is 27.8 Å². The summed E-state index contributed by atoms with van der Waals surface area (Å²) in [5, 5.41) is 9.50. The van der Waals surface area contributed by atoms with Crippen LogP contribution in [0.25, 0.3) is 0 Å². The van der Waals surface area contributed by atoms with E-state index < -0.39 is 21.5 Å². The minimum absolute atomic E-state index is 0.0231. The molecule has 1 fully saturated rings. The number of sulfonamides is 1. The molecule has 0 bridgehead atoms. The Bertz CT molecular complexity index is 858. The second-order valence-corrected chi connectivity index (χ2v) is 7.67. The Kier molecular flexibility index (Phi) is 5.26. The van der Waals surface area contributed by atoms with Gasteiger partial charge in [0.2, 0.25) is 10.0 Å². The van der Waals surface area contributed by atoms with E-state index in [9.17, 15) is 18.3 Å². The topological polar surface area (TPSA) is 102 Å². The maximum Gasteiger partial charge on any atom is 0.325 e. The first-order valence-electron chi connectivity index (χ1n) is 8.09. The molecule has 0 radical (unpaired) electrons. The lowest BCUT2D eigenvalue weighted by Crippen LogP contribution is -2.57. The van der Waals surface area contributed by atoms with Gasteiger partial charge in [0.25, 0.3) is 0 Å². The molecule has 0 amide bonds. The number of carbonyl (C=O) groups is 1. The number of aliphatic carboxylic acids is 1. The van der Waals surface area contributed by atoms with E-state index >= 15 is 0 Å². The Morgan fingerprint density at radius 2 is 1.58 bits per heavy atom. The van der Waals surface area contributed by atoms with Gasteiger partial charge in [0.15, 0.2) is 0 Å². The highest BCUT2D eigenvalue weighted by Gasteiger charge is 2.43. The number of benzene rings is 2. The summed E-state index contributed by atoms with van der Waals surface area (Å²) in [6, 6.07) is 14.9. The maximum absolute atomic E-state index is 12.6. The predicted octanol–water partition coefficient (Wildman–Crippen LogP) is 2.39. The number of nitrogens with one attached hydrogen (secondary N) is 1. The number of para-hydroxylation sites is 1. The molecule has 2 aromatic carbocycles. The molecule has 2 aromatic rings. The van der Waals surface area contributed by atoms with Gasteiger partial charge < -0.3 is 14.6 Å². The monoisotopic (exact) mass is 377 g/mol. The fourth-order valence-corrected chi connectivity index (χ4v) is 4.13. The SMILES string of the molecule is O=C(O)C1(NS(=O)(=O)c2ccc(Oc3ccccc3)cc2)CCOCC1. The van der Waals surface area contributed by atoms with E-state index in [1.165, 1.54) is 24.3 Å². The highest BCUT2D eigenvalue weighted by atomic mass is 32.2. The van der Waals surface area contributed by atoms with Crippen molar-refractivity contribution in [2.45, 2.75) is 23.3 Å².